The zero-order valence-electron chi connectivity index (χ0n) is 12.7. The molecule has 0 aromatic carbocycles. The number of carbonyl (C=O) groups is 2. The highest BCUT2D eigenvalue weighted by atomic mass is 16.1. The number of hydrogen-bond donors (Lipinski definition) is 0. The number of Topliss-reactive ketones (excluding diaryl/α,β-unsaturated/α-hetero) is 2. The molecular weight excluding hydrogens is 252 g/mol. The lowest BCUT2D eigenvalue weighted by molar-refractivity contribution is -0.120. The van der Waals surface area contributed by atoms with Gasteiger partial charge in [-0.1, -0.05) is 6.92 Å². The van der Waals surface area contributed by atoms with Crippen molar-refractivity contribution in [3.63, 3.8) is 0 Å². The predicted octanol–water partition coefficient (Wildman–Crippen LogP) is 2.76. The Morgan fingerprint density at radius 3 is 2.10 bits per heavy atom. The maximum absolute atomic E-state index is 11.9. The number of rotatable bonds is 5. The second kappa shape index (κ2) is 7.04. The van der Waals surface area contributed by atoms with E-state index in [1.165, 1.54) is 6.92 Å². The van der Waals surface area contributed by atoms with E-state index in [4.69, 9.17) is 0 Å². The molecule has 0 saturated carbocycles. The largest absolute Gasteiger partial charge is 0.374 e. The van der Waals surface area contributed by atoms with Crippen molar-refractivity contribution in [2.24, 2.45) is 0 Å². The topological polar surface area (TPSA) is 61.2 Å². The van der Waals surface area contributed by atoms with Crippen molar-refractivity contribution in [2.75, 3.05) is 13.1 Å². The Morgan fingerprint density at radius 2 is 1.70 bits per heavy atom. The number of carbonyl (C=O) groups excluding carboxylic acids is 2. The Labute approximate surface area is 120 Å². The van der Waals surface area contributed by atoms with Gasteiger partial charge in [-0.15, -0.1) is 0 Å². The number of nitrogens with zero attached hydrogens (tertiary/aromatic N) is 2. The minimum absolute atomic E-state index is 0.169. The molecule has 0 aliphatic carbocycles. The van der Waals surface area contributed by atoms with Gasteiger partial charge in [0.1, 0.15) is 6.07 Å². The van der Waals surface area contributed by atoms with E-state index in [1.807, 2.05) is 6.92 Å². The summed E-state index contributed by atoms with van der Waals surface area (Å²) in [6.45, 7) is 8.56. The van der Waals surface area contributed by atoms with Gasteiger partial charge in [0, 0.05) is 25.2 Å². The molecule has 0 spiro atoms. The van der Waals surface area contributed by atoms with Crippen LogP contribution in [0.2, 0.25) is 0 Å². The first kappa shape index (κ1) is 16.2. The summed E-state index contributed by atoms with van der Waals surface area (Å²) < 4.78 is 0. The van der Waals surface area contributed by atoms with Crippen molar-refractivity contribution >= 4 is 11.6 Å². The van der Waals surface area contributed by atoms with Crippen molar-refractivity contribution in [2.45, 2.75) is 47.0 Å². The highest BCUT2D eigenvalue weighted by Crippen LogP contribution is 2.24. The van der Waals surface area contributed by atoms with Gasteiger partial charge in [0.05, 0.1) is 11.1 Å². The second-order valence-corrected chi connectivity index (χ2v) is 5.10. The fourth-order valence-electron chi connectivity index (χ4n) is 2.62. The molecule has 1 fully saturated rings. The average Bonchev–Trinajstić information content (AvgIpc) is 2.92. The highest BCUT2D eigenvalue weighted by molar-refractivity contribution is 6.20. The summed E-state index contributed by atoms with van der Waals surface area (Å²) in [7, 11) is 0. The van der Waals surface area contributed by atoms with Crippen molar-refractivity contribution in [1.82, 2.24) is 4.90 Å². The Balaban J connectivity index is 3.34. The lowest BCUT2D eigenvalue weighted by Crippen LogP contribution is -2.20. The summed E-state index contributed by atoms with van der Waals surface area (Å²) in [6.07, 6.45) is 2.51. The van der Waals surface area contributed by atoms with Gasteiger partial charge in [-0.05, 0) is 39.2 Å². The van der Waals surface area contributed by atoms with Gasteiger partial charge in [-0.25, -0.2) is 0 Å². The van der Waals surface area contributed by atoms with Gasteiger partial charge < -0.3 is 4.90 Å². The quantitative estimate of drug-likeness (QED) is 0.254. The number of ketones is 2. The van der Waals surface area contributed by atoms with Crippen LogP contribution >= 0.6 is 0 Å². The summed E-state index contributed by atoms with van der Waals surface area (Å²) in [6, 6.07) is 2.17. The molecule has 1 aliphatic heterocycles. The van der Waals surface area contributed by atoms with Gasteiger partial charge in [0.15, 0.2) is 11.6 Å². The molecule has 0 unspecified atom stereocenters. The van der Waals surface area contributed by atoms with Crippen LogP contribution < -0.4 is 0 Å². The van der Waals surface area contributed by atoms with E-state index in [-0.39, 0.29) is 23.6 Å². The SMILES string of the molecule is CCC(=O)/C(C(C)=O)=C(C)\C(C#N)=C(/C)N1CCCC1. The molecule has 108 valence electrons. The summed E-state index contributed by atoms with van der Waals surface area (Å²) >= 11 is 0. The van der Waals surface area contributed by atoms with E-state index in [2.05, 4.69) is 11.0 Å². The first-order chi connectivity index (χ1) is 9.43. The van der Waals surface area contributed by atoms with Crippen LogP contribution in [0.15, 0.2) is 22.4 Å². The van der Waals surface area contributed by atoms with Crippen LogP contribution in [-0.4, -0.2) is 29.6 Å². The fourth-order valence-corrected chi connectivity index (χ4v) is 2.62. The number of hydrogen-bond acceptors (Lipinski definition) is 4. The van der Waals surface area contributed by atoms with Gasteiger partial charge in [0.2, 0.25) is 0 Å². The molecule has 0 aromatic rings. The Hall–Kier alpha value is -1.89. The third-order valence-electron chi connectivity index (χ3n) is 3.76. The summed E-state index contributed by atoms with van der Waals surface area (Å²) in [5.74, 6) is -0.465. The first-order valence-electron chi connectivity index (χ1n) is 7.05. The van der Waals surface area contributed by atoms with Gasteiger partial charge in [-0.3, -0.25) is 9.59 Å². The van der Waals surface area contributed by atoms with E-state index in [0.29, 0.717) is 11.1 Å². The van der Waals surface area contributed by atoms with Crippen LogP contribution in [0.25, 0.3) is 0 Å². The van der Waals surface area contributed by atoms with Crippen molar-refractivity contribution in [3.05, 3.63) is 22.4 Å². The summed E-state index contributed by atoms with van der Waals surface area (Å²) in [5, 5.41) is 9.42. The number of allylic oxidation sites excluding steroid dienone is 4. The molecule has 0 aromatic heterocycles. The van der Waals surface area contributed by atoms with Crippen molar-refractivity contribution < 1.29 is 9.59 Å². The van der Waals surface area contributed by atoms with E-state index in [9.17, 15) is 14.9 Å². The first-order valence-corrected chi connectivity index (χ1v) is 7.05. The number of likely N-dealkylation sites (tertiary alicyclic amines) is 1. The summed E-state index contributed by atoms with van der Waals surface area (Å²) in [4.78, 5) is 25.8. The van der Waals surface area contributed by atoms with Crippen LogP contribution in [0.1, 0.15) is 47.0 Å². The van der Waals surface area contributed by atoms with Crippen LogP contribution in [0, 0.1) is 11.3 Å². The molecule has 20 heavy (non-hydrogen) atoms. The van der Waals surface area contributed by atoms with E-state index >= 15 is 0 Å². The second-order valence-electron chi connectivity index (χ2n) is 5.10. The minimum Gasteiger partial charge on any atom is -0.374 e. The number of nitriles is 1. The zero-order valence-corrected chi connectivity index (χ0v) is 12.7. The molecule has 0 bridgehead atoms. The van der Waals surface area contributed by atoms with Crippen LogP contribution in [0.4, 0.5) is 0 Å². The standard InChI is InChI=1S/C16H22N2O2/c1-5-15(20)16(13(4)19)11(2)14(10-17)12(3)18-8-6-7-9-18/h5-9H2,1-4H3/b14-12+,16-11-. The molecule has 4 nitrogen and oxygen atoms in total. The minimum atomic E-state index is -0.267. The smallest absolute Gasteiger partial charge is 0.166 e. The van der Waals surface area contributed by atoms with Crippen LogP contribution in [0.3, 0.4) is 0 Å². The molecule has 1 aliphatic rings. The van der Waals surface area contributed by atoms with Crippen LogP contribution in [-0.2, 0) is 9.59 Å². The molecule has 1 rings (SSSR count). The molecular formula is C16H22N2O2. The summed E-state index contributed by atoms with van der Waals surface area (Å²) in [5.41, 5.74) is 2.00. The molecule has 0 radical (unpaired) electrons. The average molecular weight is 274 g/mol. The lowest BCUT2D eigenvalue weighted by atomic mass is 9.94. The van der Waals surface area contributed by atoms with E-state index in [0.717, 1.165) is 31.6 Å². The molecule has 0 N–H and O–H groups in total. The normalized spacial score (nSPS) is 17.2. The molecule has 1 saturated heterocycles. The van der Waals surface area contributed by atoms with Crippen LogP contribution in [0.5, 0.6) is 0 Å². The third kappa shape index (κ3) is 3.36. The Bertz CT molecular complexity index is 515. The van der Waals surface area contributed by atoms with E-state index in [1.54, 1.807) is 13.8 Å². The third-order valence-corrected chi connectivity index (χ3v) is 3.76. The van der Waals surface area contributed by atoms with Crippen molar-refractivity contribution in [3.8, 4) is 6.07 Å². The zero-order chi connectivity index (χ0) is 15.3. The maximum Gasteiger partial charge on any atom is 0.166 e. The van der Waals surface area contributed by atoms with Gasteiger partial charge in [-0.2, -0.15) is 5.26 Å². The highest BCUT2D eigenvalue weighted by Gasteiger charge is 2.22. The Morgan fingerprint density at radius 1 is 1.15 bits per heavy atom. The van der Waals surface area contributed by atoms with Crippen molar-refractivity contribution in [1.29, 1.82) is 5.26 Å². The molecule has 0 atom stereocenters. The fraction of sp³-hybridized carbons (Fsp3) is 0.562. The van der Waals surface area contributed by atoms with E-state index < -0.39 is 0 Å². The molecule has 4 heteroatoms. The monoisotopic (exact) mass is 274 g/mol. The lowest BCUT2D eigenvalue weighted by Gasteiger charge is -2.20. The molecule has 0 amide bonds. The predicted molar refractivity (Wildman–Crippen MR) is 77.8 cm³/mol. The van der Waals surface area contributed by atoms with Gasteiger partial charge in [0.25, 0.3) is 0 Å². The molecule has 1 heterocycles. The maximum atomic E-state index is 11.9. The van der Waals surface area contributed by atoms with Gasteiger partial charge >= 0.3 is 0 Å². The Kier molecular flexibility index (Phi) is 5.69.